The molecule has 0 radical (unpaired) electrons. The molecule has 2 heterocycles. The zero-order valence-corrected chi connectivity index (χ0v) is 32.4. The molecule has 10 atom stereocenters. The van der Waals surface area contributed by atoms with Crippen LogP contribution in [0.5, 0.6) is 0 Å². The highest BCUT2D eigenvalue weighted by Crippen LogP contribution is 2.69. The number of ketones is 1. The van der Waals surface area contributed by atoms with E-state index in [2.05, 4.69) is 24.1 Å². The number of fused-ring (bicyclic) bond motifs is 6. The lowest BCUT2D eigenvalue weighted by molar-refractivity contribution is -0.170. The number of hydrogen-bond acceptors (Lipinski definition) is 11. The van der Waals surface area contributed by atoms with Gasteiger partial charge in [-0.15, -0.1) is 0 Å². The maximum atomic E-state index is 13.1. The summed E-state index contributed by atoms with van der Waals surface area (Å²) in [6.45, 7) is 4.28. The Hall–Kier alpha value is -4.75. The van der Waals surface area contributed by atoms with Crippen molar-refractivity contribution in [1.29, 1.82) is 0 Å². The number of aliphatic hydroxyl groups excluding tert-OH is 1. The molecular weight excluding hydrogens is 727 g/mol. The van der Waals surface area contributed by atoms with E-state index in [4.69, 9.17) is 19.9 Å². The number of nitrogens with one attached hydrogen (secondary N) is 1. The van der Waals surface area contributed by atoms with Gasteiger partial charge in [-0.25, -0.2) is 0 Å². The molecule has 4 aliphatic carbocycles. The number of epoxide rings is 1. The maximum absolute atomic E-state index is 13.1. The molecule has 5 N–H and O–H groups in total. The van der Waals surface area contributed by atoms with E-state index in [1.165, 1.54) is 0 Å². The number of allylic oxidation sites excluding steroid dienone is 4. The predicted molar refractivity (Wildman–Crippen MR) is 210 cm³/mol. The number of nitrogens with zero attached hydrogens (tertiary/aromatic N) is 1. The van der Waals surface area contributed by atoms with Crippen LogP contribution in [0.3, 0.4) is 0 Å². The summed E-state index contributed by atoms with van der Waals surface area (Å²) in [7, 11) is 0. The van der Waals surface area contributed by atoms with Crippen molar-refractivity contribution in [3.8, 4) is 0 Å². The van der Waals surface area contributed by atoms with E-state index in [0.29, 0.717) is 24.1 Å². The van der Waals surface area contributed by atoms with Gasteiger partial charge in [-0.3, -0.25) is 24.2 Å². The molecule has 2 aromatic carbocycles. The molecule has 57 heavy (non-hydrogen) atoms. The minimum atomic E-state index is -1.17. The molecule has 300 valence electrons. The van der Waals surface area contributed by atoms with Crippen molar-refractivity contribution in [3.63, 3.8) is 0 Å². The Kier molecular flexibility index (Phi) is 10.4. The van der Waals surface area contributed by atoms with Gasteiger partial charge in [0.1, 0.15) is 25.4 Å². The third-order valence-electron chi connectivity index (χ3n) is 13.9. The molecule has 2 unspecified atom stereocenters. The molecule has 5 aliphatic rings. The van der Waals surface area contributed by atoms with Crippen LogP contribution in [0.4, 0.5) is 5.69 Å². The first-order valence-electron chi connectivity index (χ1n) is 20.1. The first-order chi connectivity index (χ1) is 27.3. The van der Waals surface area contributed by atoms with Crippen molar-refractivity contribution in [3.05, 3.63) is 95.9 Å². The number of carbonyl (C=O) groups excluding carboxylic acids is 4. The van der Waals surface area contributed by atoms with E-state index in [0.717, 1.165) is 41.2 Å². The number of carbonyl (C=O) groups is 4. The highest BCUT2D eigenvalue weighted by molar-refractivity contribution is 6.01. The van der Waals surface area contributed by atoms with E-state index in [1.54, 1.807) is 48.8 Å². The van der Waals surface area contributed by atoms with Crippen LogP contribution in [0.25, 0.3) is 10.8 Å². The Bertz CT molecular complexity index is 2140. The number of amides is 1. The molecule has 8 rings (SSSR count). The molecule has 0 bridgehead atoms. The van der Waals surface area contributed by atoms with Gasteiger partial charge in [-0.05, 0) is 90.8 Å². The second kappa shape index (κ2) is 15.2. The van der Waals surface area contributed by atoms with E-state index >= 15 is 0 Å². The van der Waals surface area contributed by atoms with Crippen molar-refractivity contribution in [2.45, 2.75) is 95.2 Å². The van der Waals surface area contributed by atoms with Gasteiger partial charge in [-0.1, -0.05) is 55.8 Å². The van der Waals surface area contributed by atoms with Crippen LogP contribution in [0, 0.1) is 28.6 Å². The van der Waals surface area contributed by atoms with Crippen LogP contribution < -0.4 is 11.1 Å². The average Bonchev–Trinajstić information content (AvgIpc) is 3.94. The number of aliphatic hydroxyl groups is 2. The molecule has 1 saturated heterocycles. The predicted octanol–water partition coefficient (Wildman–Crippen LogP) is 5.06. The zero-order chi connectivity index (χ0) is 40.1. The maximum Gasteiger partial charge on any atom is 0.306 e. The molecule has 4 fully saturated rings. The van der Waals surface area contributed by atoms with Crippen LogP contribution in [0.2, 0.25) is 0 Å². The fourth-order valence-corrected chi connectivity index (χ4v) is 10.8. The lowest BCUT2D eigenvalue weighted by Gasteiger charge is -2.59. The van der Waals surface area contributed by atoms with Crippen LogP contribution in [-0.4, -0.2) is 75.9 Å². The van der Waals surface area contributed by atoms with E-state index in [9.17, 15) is 29.4 Å². The minimum Gasteiger partial charge on any atom is -0.463 e. The number of anilines is 1. The van der Waals surface area contributed by atoms with Crippen molar-refractivity contribution in [2.24, 2.45) is 34.3 Å². The summed E-state index contributed by atoms with van der Waals surface area (Å²) in [5.74, 6) is -1.57. The molecule has 3 aromatic rings. The van der Waals surface area contributed by atoms with Gasteiger partial charge in [0.25, 0.3) is 0 Å². The van der Waals surface area contributed by atoms with Crippen molar-refractivity contribution < 1.29 is 43.6 Å². The molecule has 3 saturated carbocycles. The summed E-state index contributed by atoms with van der Waals surface area (Å²) < 4.78 is 16.8. The topological polar surface area (TPSA) is 191 Å². The van der Waals surface area contributed by atoms with Gasteiger partial charge in [0.15, 0.2) is 5.78 Å². The smallest absolute Gasteiger partial charge is 0.306 e. The summed E-state index contributed by atoms with van der Waals surface area (Å²) >= 11 is 0. The standard InChI is InChI=1S/C45H51N3O9/c1-43-16-13-32(49)20-30(43)8-10-33-35-14-17-45(54,44(35,2)21-36(50)40(33)43)41-37(57-41)25-56-39(52)12-11-38(51)55-24-26-3-5-27(6-4-26)34(22-46)42(53)48-31-9-7-29-23-47-18-15-28(29)19-31/h3-7,9,13,15-16,18-20,23,33-37,40-41,50,54H,8,10-12,14,17,21-22,24-25,46H2,1-2H3,(H,48,53)/t33-,34+,35-,36-,37?,40+,41?,43-,44-,45-/m0/s1. The lowest BCUT2D eigenvalue weighted by Crippen LogP contribution is -2.61. The van der Waals surface area contributed by atoms with E-state index < -0.39 is 47.2 Å². The Morgan fingerprint density at radius 1 is 1.04 bits per heavy atom. The highest BCUT2D eigenvalue weighted by Gasteiger charge is 2.72. The Morgan fingerprint density at radius 3 is 2.58 bits per heavy atom. The van der Waals surface area contributed by atoms with Gasteiger partial charge in [-0.2, -0.15) is 0 Å². The van der Waals surface area contributed by atoms with Gasteiger partial charge in [0, 0.05) is 46.8 Å². The van der Waals surface area contributed by atoms with Gasteiger partial charge in [0.2, 0.25) is 5.91 Å². The third-order valence-corrected chi connectivity index (χ3v) is 13.9. The molecule has 1 amide bonds. The number of ether oxygens (including phenoxy) is 3. The number of hydrogen-bond donors (Lipinski definition) is 4. The van der Waals surface area contributed by atoms with Crippen molar-refractivity contribution >= 4 is 40.1 Å². The van der Waals surface area contributed by atoms with Crippen LogP contribution in [0.15, 0.2) is 84.7 Å². The number of esters is 2. The monoisotopic (exact) mass is 777 g/mol. The third kappa shape index (κ3) is 7.22. The van der Waals surface area contributed by atoms with E-state index in [-0.39, 0.29) is 67.5 Å². The van der Waals surface area contributed by atoms with Crippen molar-refractivity contribution in [1.82, 2.24) is 4.98 Å². The Morgan fingerprint density at radius 2 is 1.81 bits per heavy atom. The largest absolute Gasteiger partial charge is 0.463 e. The minimum absolute atomic E-state index is 0.000681. The number of rotatable bonds is 12. The SMILES string of the molecule is C[C@]12C=CC(=O)C=C1CC[C@@H]1[C@@H]2[C@@H](O)C[C@@]2(C)[C@H]1CC[C@]2(O)C1OC1COC(=O)CCC(=O)OCc1ccc([C@@H](CN)C(=O)Nc2ccc3cnccc3c2)cc1. The normalized spacial score (nSPS) is 33.0. The van der Waals surface area contributed by atoms with Crippen LogP contribution in [0.1, 0.15) is 75.8 Å². The molecule has 1 aliphatic heterocycles. The fraction of sp³-hybridized carbons (Fsp3) is 0.489. The fourth-order valence-electron chi connectivity index (χ4n) is 10.8. The summed E-state index contributed by atoms with van der Waals surface area (Å²) in [5, 5.41) is 28.8. The van der Waals surface area contributed by atoms with Gasteiger partial charge < -0.3 is 35.5 Å². The summed E-state index contributed by atoms with van der Waals surface area (Å²) in [6.07, 6.45) is 10.3. The number of benzene rings is 2. The van der Waals surface area contributed by atoms with Crippen LogP contribution in [-0.2, 0) is 40.0 Å². The number of pyridine rings is 1. The summed E-state index contributed by atoms with van der Waals surface area (Å²) in [6, 6.07) is 14.6. The zero-order valence-electron chi connectivity index (χ0n) is 32.4. The summed E-state index contributed by atoms with van der Waals surface area (Å²) in [5.41, 5.74) is 7.06. The number of aromatic nitrogens is 1. The van der Waals surface area contributed by atoms with Crippen LogP contribution >= 0.6 is 0 Å². The molecular formula is C45H51N3O9. The Labute approximate surface area is 331 Å². The summed E-state index contributed by atoms with van der Waals surface area (Å²) in [4.78, 5) is 54.5. The Balaban J connectivity index is 0.775. The lowest BCUT2D eigenvalue weighted by atomic mass is 9.46. The highest BCUT2D eigenvalue weighted by atomic mass is 16.6. The number of nitrogens with two attached hydrogens (primary N) is 1. The second-order valence-corrected chi connectivity index (χ2v) is 17.1. The quantitative estimate of drug-likeness (QED) is 0.142. The van der Waals surface area contributed by atoms with Gasteiger partial charge in [0.05, 0.1) is 30.5 Å². The second-order valence-electron chi connectivity index (χ2n) is 17.1. The molecule has 0 spiro atoms. The first kappa shape index (κ1) is 39.1. The van der Waals surface area contributed by atoms with Crippen molar-refractivity contribution in [2.75, 3.05) is 18.5 Å². The molecule has 12 heteroatoms. The van der Waals surface area contributed by atoms with Gasteiger partial charge >= 0.3 is 11.9 Å². The first-order valence-corrected chi connectivity index (χ1v) is 20.1. The molecule has 12 nitrogen and oxygen atoms in total. The molecule has 1 aromatic heterocycles. The van der Waals surface area contributed by atoms with E-state index in [1.807, 2.05) is 30.3 Å². The average molecular weight is 778 g/mol.